The van der Waals surface area contributed by atoms with Gasteiger partial charge < -0.3 is 9.64 Å². The fraction of sp³-hybridized carbons (Fsp3) is 0.250. The van der Waals surface area contributed by atoms with Crippen molar-refractivity contribution in [3.05, 3.63) is 58.2 Å². The number of aromatic nitrogens is 1. The molecule has 0 spiro atoms. The molecule has 0 radical (unpaired) electrons. The summed E-state index contributed by atoms with van der Waals surface area (Å²) >= 11 is 3.41. The SMILES string of the molecule is Cc1cccc(OC2CN(C(=O)c3ccccc3Br)C2)n1. The molecule has 0 unspecified atom stereocenters. The third-order valence-electron chi connectivity index (χ3n) is 3.39. The van der Waals surface area contributed by atoms with Crippen molar-refractivity contribution in [1.82, 2.24) is 9.88 Å². The number of hydrogen-bond donors (Lipinski definition) is 0. The molecule has 108 valence electrons. The van der Waals surface area contributed by atoms with Crippen molar-refractivity contribution >= 4 is 21.8 Å². The Morgan fingerprint density at radius 1 is 1.24 bits per heavy atom. The number of benzene rings is 1. The van der Waals surface area contributed by atoms with Crippen LogP contribution in [0.15, 0.2) is 46.9 Å². The Morgan fingerprint density at radius 2 is 2.00 bits per heavy atom. The van der Waals surface area contributed by atoms with Crippen molar-refractivity contribution in [2.45, 2.75) is 13.0 Å². The second kappa shape index (κ2) is 5.85. The number of pyridine rings is 1. The quantitative estimate of drug-likeness (QED) is 0.857. The fourth-order valence-electron chi connectivity index (χ4n) is 2.24. The zero-order valence-corrected chi connectivity index (χ0v) is 13.2. The van der Waals surface area contributed by atoms with Crippen molar-refractivity contribution < 1.29 is 9.53 Å². The molecule has 5 heteroatoms. The van der Waals surface area contributed by atoms with Gasteiger partial charge in [-0.3, -0.25) is 4.79 Å². The summed E-state index contributed by atoms with van der Waals surface area (Å²) in [6, 6.07) is 13.1. The predicted octanol–water partition coefficient (Wildman–Crippen LogP) is 3.06. The van der Waals surface area contributed by atoms with Crippen LogP contribution in [0.4, 0.5) is 0 Å². The van der Waals surface area contributed by atoms with E-state index in [0.29, 0.717) is 24.5 Å². The lowest BCUT2D eigenvalue weighted by Crippen LogP contribution is -2.56. The maximum absolute atomic E-state index is 12.3. The maximum Gasteiger partial charge on any atom is 0.255 e. The highest BCUT2D eigenvalue weighted by Gasteiger charge is 2.33. The molecular weight excluding hydrogens is 332 g/mol. The van der Waals surface area contributed by atoms with Crippen molar-refractivity contribution in [1.29, 1.82) is 0 Å². The van der Waals surface area contributed by atoms with E-state index in [2.05, 4.69) is 20.9 Å². The number of carbonyl (C=O) groups is 1. The lowest BCUT2D eigenvalue weighted by Gasteiger charge is -2.38. The van der Waals surface area contributed by atoms with Crippen molar-refractivity contribution in [2.24, 2.45) is 0 Å². The average Bonchev–Trinajstić information content (AvgIpc) is 2.42. The Bertz CT molecular complexity index is 669. The van der Waals surface area contributed by atoms with Crippen LogP contribution in [-0.2, 0) is 0 Å². The number of nitrogens with zero attached hydrogens (tertiary/aromatic N) is 2. The predicted molar refractivity (Wildman–Crippen MR) is 83.4 cm³/mol. The van der Waals surface area contributed by atoms with E-state index in [0.717, 1.165) is 10.2 Å². The second-order valence-electron chi connectivity index (χ2n) is 5.05. The highest BCUT2D eigenvalue weighted by molar-refractivity contribution is 9.10. The highest BCUT2D eigenvalue weighted by atomic mass is 79.9. The van der Waals surface area contributed by atoms with E-state index < -0.39 is 0 Å². The molecule has 1 fully saturated rings. The minimum absolute atomic E-state index is 0.0192. The first kappa shape index (κ1) is 14.1. The zero-order chi connectivity index (χ0) is 14.8. The molecule has 1 aliphatic rings. The Kier molecular flexibility index (Phi) is 3.92. The highest BCUT2D eigenvalue weighted by Crippen LogP contribution is 2.22. The molecule has 0 N–H and O–H groups in total. The molecule has 2 aromatic rings. The lowest BCUT2D eigenvalue weighted by atomic mass is 10.1. The molecule has 1 aliphatic heterocycles. The van der Waals surface area contributed by atoms with Gasteiger partial charge in [0.2, 0.25) is 5.88 Å². The number of hydrogen-bond acceptors (Lipinski definition) is 3. The molecule has 3 rings (SSSR count). The number of aryl methyl sites for hydroxylation is 1. The molecule has 1 aromatic heterocycles. The first-order valence-electron chi connectivity index (χ1n) is 6.77. The van der Waals surface area contributed by atoms with Crippen LogP contribution in [0.25, 0.3) is 0 Å². The van der Waals surface area contributed by atoms with Crippen molar-refractivity contribution in [2.75, 3.05) is 13.1 Å². The molecule has 0 aliphatic carbocycles. The molecule has 0 bridgehead atoms. The lowest BCUT2D eigenvalue weighted by molar-refractivity contribution is 0.0159. The van der Waals surface area contributed by atoms with Gasteiger partial charge >= 0.3 is 0 Å². The van der Waals surface area contributed by atoms with E-state index in [4.69, 9.17) is 4.74 Å². The molecule has 21 heavy (non-hydrogen) atoms. The van der Waals surface area contributed by atoms with Crippen LogP contribution in [-0.4, -0.2) is 35.0 Å². The molecule has 1 saturated heterocycles. The molecule has 1 aromatic carbocycles. The Hall–Kier alpha value is -1.88. The molecule has 1 amide bonds. The number of likely N-dealkylation sites (tertiary alicyclic amines) is 1. The minimum Gasteiger partial charge on any atom is -0.471 e. The van der Waals surface area contributed by atoms with Crippen LogP contribution in [0, 0.1) is 6.92 Å². The molecule has 0 atom stereocenters. The van der Waals surface area contributed by atoms with Crippen LogP contribution in [0.5, 0.6) is 5.88 Å². The smallest absolute Gasteiger partial charge is 0.255 e. The summed E-state index contributed by atoms with van der Waals surface area (Å²) in [6.07, 6.45) is 0.0192. The Balaban J connectivity index is 1.59. The molecule has 4 nitrogen and oxygen atoms in total. The van der Waals surface area contributed by atoms with Gasteiger partial charge in [0.15, 0.2) is 0 Å². The topological polar surface area (TPSA) is 42.4 Å². The van der Waals surface area contributed by atoms with Crippen LogP contribution in [0.2, 0.25) is 0 Å². The molecular formula is C16H15BrN2O2. The summed E-state index contributed by atoms with van der Waals surface area (Å²) in [7, 11) is 0. The van der Waals surface area contributed by atoms with Gasteiger partial charge in [0.05, 0.1) is 18.7 Å². The Labute approximate surface area is 131 Å². The van der Waals surface area contributed by atoms with Crippen LogP contribution in [0.1, 0.15) is 16.1 Å². The third kappa shape index (κ3) is 3.08. The van der Waals surface area contributed by atoms with Gasteiger partial charge in [0.25, 0.3) is 5.91 Å². The van der Waals surface area contributed by atoms with E-state index in [9.17, 15) is 4.79 Å². The normalized spacial score (nSPS) is 14.7. The number of ether oxygens (including phenoxy) is 1. The van der Waals surface area contributed by atoms with E-state index >= 15 is 0 Å². The van der Waals surface area contributed by atoms with E-state index in [1.54, 1.807) is 4.90 Å². The maximum atomic E-state index is 12.3. The van der Waals surface area contributed by atoms with Crippen LogP contribution in [0.3, 0.4) is 0 Å². The first-order chi connectivity index (χ1) is 10.1. The van der Waals surface area contributed by atoms with Gasteiger partial charge in [0.1, 0.15) is 6.10 Å². The van der Waals surface area contributed by atoms with E-state index in [-0.39, 0.29) is 12.0 Å². The van der Waals surface area contributed by atoms with Gasteiger partial charge in [-0.25, -0.2) is 4.98 Å². The summed E-state index contributed by atoms with van der Waals surface area (Å²) < 4.78 is 6.58. The monoisotopic (exact) mass is 346 g/mol. The average molecular weight is 347 g/mol. The fourth-order valence-corrected chi connectivity index (χ4v) is 2.69. The summed E-state index contributed by atoms with van der Waals surface area (Å²) in [4.78, 5) is 18.4. The standard InChI is InChI=1S/C16H15BrN2O2/c1-11-5-4-8-15(18-11)21-12-9-19(10-12)16(20)13-6-2-3-7-14(13)17/h2-8,12H,9-10H2,1H3. The van der Waals surface area contributed by atoms with Crippen LogP contribution < -0.4 is 4.74 Å². The summed E-state index contributed by atoms with van der Waals surface area (Å²) in [6.45, 7) is 3.11. The number of halogens is 1. The minimum atomic E-state index is 0.0192. The van der Waals surface area contributed by atoms with Gasteiger partial charge in [-0.2, -0.15) is 0 Å². The summed E-state index contributed by atoms with van der Waals surface area (Å²) in [5.74, 6) is 0.646. The molecule has 0 saturated carbocycles. The number of rotatable bonds is 3. The van der Waals surface area contributed by atoms with Gasteiger partial charge in [0, 0.05) is 16.2 Å². The summed E-state index contributed by atoms with van der Waals surface area (Å²) in [5.41, 5.74) is 1.61. The number of amides is 1. The van der Waals surface area contributed by atoms with Crippen molar-refractivity contribution in [3.63, 3.8) is 0 Å². The second-order valence-corrected chi connectivity index (χ2v) is 5.90. The van der Waals surface area contributed by atoms with Gasteiger partial charge in [-0.15, -0.1) is 0 Å². The zero-order valence-electron chi connectivity index (χ0n) is 11.6. The largest absolute Gasteiger partial charge is 0.471 e. The van der Waals surface area contributed by atoms with Crippen molar-refractivity contribution in [3.8, 4) is 5.88 Å². The van der Waals surface area contributed by atoms with Gasteiger partial charge in [-0.05, 0) is 41.1 Å². The first-order valence-corrected chi connectivity index (χ1v) is 7.57. The number of carbonyl (C=O) groups excluding carboxylic acids is 1. The van der Waals surface area contributed by atoms with Crippen LogP contribution >= 0.6 is 15.9 Å². The van der Waals surface area contributed by atoms with Gasteiger partial charge in [-0.1, -0.05) is 18.2 Å². The molecule has 2 heterocycles. The van der Waals surface area contributed by atoms with E-state index in [1.165, 1.54) is 0 Å². The third-order valence-corrected chi connectivity index (χ3v) is 4.08. The Morgan fingerprint density at radius 3 is 2.71 bits per heavy atom. The summed E-state index contributed by atoms with van der Waals surface area (Å²) in [5, 5.41) is 0. The van der Waals surface area contributed by atoms with E-state index in [1.807, 2.05) is 49.4 Å².